The molecule has 8 heteroatoms. The zero-order chi connectivity index (χ0) is 18.2. The SMILES string of the molecule is CSc1ccc(CN(C)C(=O)CSc2nnc(NCC(C)C)s2)cc1. The van der Waals surface area contributed by atoms with Gasteiger partial charge < -0.3 is 10.2 Å². The van der Waals surface area contributed by atoms with E-state index in [1.165, 1.54) is 28.0 Å². The van der Waals surface area contributed by atoms with Crippen molar-refractivity contribution < 1.29 is 4.79 Å². The normalized spacial score (nSPS) is 10.9. The quantitative estimate of drug-likeness (QED) is 0.645. The molecule has 0 unspecified atom stereocenters. The van der Waals surface area contributed by atoms with Gasteiger partial charge in [-0.3, -0.25) is 4.79 Å². The molecule has 1 heterocycles. The molecule has 0 saturated carbocycles. The predicted octanol–water partition coefficient (Wildman–Crippen LogP) is 4.08. The summed E-state index contributed by atoms with van der Waals surface area (Å²) in [6.45, 7) is 5.78. The number of benzene rings is 1. The smallest absolute Gasteiger partial charge is 0.233 e. The number of hydrogen-bond acceptors (Lipinski definition) is 7. The van der Waals surface area contributed by atoms with Gasteiger partial charge in [-0.05, 0) is 29.9 Å². The van der Waals surface area contributed by atoms with Gasteiger partial charge in [-0.15, -0.1) is 22.0 Å². The molecule has 2 rings (SSSR count). The van der Waals surface area contributed by atoms with Gasteiger partial charge in [0.05, 0.1) is 5.75 Å². The highest BCUT2D eigenvalue weighted by atomic mass is 32.2. The molecule has 0 aliphatic carbocycles. The number of aromatic nitrogens is 2. The fourth-order valence-electron chi connectivity index (χ4n) is 1.96. The third-order valence-electron chi connectivity index (χ3n) is 3.39. The Morgan fingerprint density at radius 1 is 1.28 bits per heavy atom. The number of nitrogens with zero attached hydrogens (tertiary/aromatic N) is 3. The minimum Gasteiger partial charge on any atom is -0.360 e. The van der Waals surface area contributed by atoms with E-state index < -0.39 is 0 Å². The van der Waals surface area contributed by atoms with Gasteiger partial charge in [0.1, 0.15) is 0 Å². The Labute approximate surface area is 162 Å². The first-order chi connectivity index (χ1) is 12.0. The van der Waals surface area contributed by atoms with Crippen LogP contribution in [0.4, 0.5) is 5.13 Å². The number of hydrogen-bond donors (Lipinski definition) is 1. The lowest BCUT2D eigenvalue weighted by Crippen LogP contribution is -2.27. The van der Waals surface area contributed by atoms with Crippen molar-refractivity contribution in [3.8, 4) is 0 Å². The average molecular weight is 397 g/mol. The van der Waals surface area contributed by atoms with E-state index in [9.17, 15) is 4.79 Å². The van der Waals surface area contributed by atoms with Gasteiger partial charge in [0.2, 0.25) is 11.0 Å². The Hall–Kier alpha value is -1.25. The van der Waals surface area contributed by atoms with E-state index in [-0.39, 0.29) is 5.91 Å². The number of anilines is 1. The topological polar surface area (TPSA) is 58.1 Å². The molecular weight excluding hydrogens is 372 g/mol. The number of nitrogens with one attached hydrogen (secondary N) is 1. The van der Waals surface area contributed by atoms with E-state index in [1.54, 1.807) is 16.7 Å². The fourth-order valence-corrected chi connectivity index (χ4v) is 4.07. The second-order valence-electron chi connectivity index (χ2n) is 6.03. The molecule has 0 saturated heterocycles. The number of carbonyl (C=O) groups excluding carboxylic acids is 1. The minimum atomic E-state index is 0.0887. The van der Waals surface area contributed by atoms with Crippen molar-refractivity contribution in [2.24, 2.45) is 5.92 Å². The number of amides is 1. The molecule has 0 atom stereocenters. The van der Waals surface area contributed by atoms with Crippen molar-refractivity contribution in [1.82, 2.24) is 15.1 Å². The highest BCUT2D eigenvalue weighted by molar-refractivity contribution is 8.01. The van der Waals surface area contributed by atoms with Crippen LogP contribution in [0.25, 0.3) is 0 Å². The molecule has 2 aromatic rings. The predicted molar refractivity (Wildman–Crippen MR) is 109 cm³/mol. The van der Waals surface area contributed by atoms with E-state index >= 15 is 0 Å². The Bertz CT molecular complexity index is 673. The molecule has 0 aliphatic heterocycles. The van der Waals surface area contributed by atoms with Crippen LogP contribution in [0.3, 0.4) is 0 Å². The molecule has 0 spiro atoms. The van der Waals surface area contributed by atoms with Crippen molar-refractivity contribution in [2.45, 2.75) is 29.6 Å². The lowest BCUT2D eigenvalue weighted by Gasteiger charge is -2.16. The highest BCUT2D eigenvalue weighted by Crippen LogP contribution is 2.26. The zero-order valence-corrected chi connectivity index (χ0v) is 17.4. The maximum atomic E-state index is 12.3. The van der Waals surface area contributed by atoms with Crippen LogP contribution in [0.1, 0.15) is 19.4 Å². The van der Waals surface area contributed by atoms with Crippen LogP contribution in [0.5, 0.6) is 0 Å². The molecule has 136 valence electrons. The van der Waals surface area contributed by atoms with Gasteiger partial charge in [0.15, 0.2) is 4.34 Å². The number of carbonyl (C=O) groups is 1. The molecule has 1 amide bonds. The van der Waals surface area contributed by atoms with Crippen LogP contribution in [-0.4, -0.2) is 46.6 Å². The van der Waals surface area contributed by atoms with Crippen molar-refractivity contribution in [2.75, 3.05) is 30.9 Å². The maximum Gasteiger partial charge on any atom is 0.233 e. The van der Waals surface area contributed by atoms with Gasteiger partial charge in [-0.1, -0.05) is 49.1 Å². The van der Waals surface area contributed by atoms with E-state index in [4.69, 9.17) is 0 Å². The van der Waals surface area contributed by atoms with Crippen molar-refractivity contribution in [3.63, 3.8) is 0 Å². The summed E-state index contributed by atoms with van der Waals surface area (Å²) in [7, 11) is 1.83. The van der Waals surface area contributed by atoms with Crippen LogP contribution in [0.15, 0.2) is 33.5 Å². The van der Waals surface area contributed by atoms with Gasteiger partial charge >= 0.3 is 0 Å². The van der Waals surface area contributed by atoms with Crippen LogP contribution >= 0.6 is 34.9 Å². The third kappa shape index (κ3) is 6.87. The second kappa shape index (κ2) is 10.0. The standard InChI is InChI=1S/C17H24N4OS3/c1-12(2)9-18-16-19-20-17(25-16)24-11-15(22)21(3)10-13-5-7-14(23-4)8-6-13/h5-8,12H,9-11H2,1-4H3,(H,18,19). The Morgan fingerprint density at radius 3 is 2.64 bits per heavy atom. The monoisotopic (exact) mass is 396 g/mol. The Morgan fingerprint density at radius 2 is 2.00 bits per heavy atom. The molecule has 1 aromatic carbocycles. The van der Waals surface area contributed by atoms with Crippen molar-refractivity contribution >= 4 is 45.9 Å². The molecule has 0 bridgehead atoms. The number of rotatable bonds is 9. The van der Waals surface area contributed by atoms with Crippen LogP contribution < -0.4 is 5.32 Å². The summed E-state index contributed by atoms with van der Waals surface area (Å²) in [4.78, 5) is 15.3. The Kier molecular flexibility index (Phi) is 8.05. The van der Waals surface area contributed by atoms with Crippen molar-refractivity contribution in [1.29, 1.82) is 0 Å². The number of thioether (sulfide) groups is 2. The third-order valence-corrected chi connectivity index (χ3v) is 6.13. The molecule has 1 aromatic heterocycles. The fraction of sp³-hybridized carbons (Fsp3) is 0.471. The second-order valence-corrected chi connectivity index (χ2v) is 9.11. The first kappa shape index (κ1) is 20.1. The largest absolute Gasteiger partial charge is 0.360 e. The molecule has 0 fully saturated rings. The van der Waals surface area contributed by atoms with Crippen LogP contribution in [0, 0.1) is 5.92 Å². The van der Waals surface area contributed by atoms with Gasteiger partial charge in [0.25, 0.3) is 0 Å². The average Bonchev–Trinajstić information content (AvgIpc) is 3.06. The van der Waals surface area contributed by atoms with Gasteiger partial charge in [-0.2, -0.15) is 0 Å². The minimum absolute atomic E-state index is 0.0887. The van der Waals surface area contributed by atoms with Gasteiger partial charge in [0, 0.05) is 25.0 Å². The molecule has 0 aliphatic rings. The first-order valence-electron chi connectivity index (χ1n) is 8.05. The molecular formula is C17H24N4OS3. The maximum absolute atomic E-state index is 12.3. The first-order valence-corrected chi connectivity index (χ1v) is 11.1. The zero-order valence-electron chi connectivity index (χ0n) is 15.0. The summed E-state index contributed by atoms with van der Waals surface area (Å²) >= 11 is 4.65. The summed E-state index contributed by atoms with van der Waals surface area (Å²) in [5.74, 6) is 1.02. The summed E-state index contributed by atoms with van der Waals surface area (Å²) < 4.78 is 0.817. The van der Waals surface area contributed by atoms with Crippen LogP contribution in [-0.2, 0) is 11.3 Å². The molecule has 25 heavy (non-hydrogen) atoms. The van der Waals surface area contributed by atoms with E-state index in [2.05, 4.69) is 59.9 Å². The lowest BCUT2D eigenvalue weighted by molar-refractivity contribution is -0.127. The van der Waals surface area contributed by atoms with E-state index in [0.717, 1.165) is 21.6 Å². The summed E-state index contributed by atoms with van der Waals surface area (Å²) in [6, 6.07) is 8.31. The summed E-state index contributed by atoms with van der Waals surface area (Å²) in [5.41, 5.74) is 1.13. The summed E-state index contributed by atoms with van der Waals surface area (Å²) in [5, 5.41) is 12.3. The molecule has 1 N–H and O–H groups in total. The van der Waals surface area contributed by atoms with E-state index in [1.807, 2.05) is 7.05 Å². The molecule has 5 nitrogen and oxygen atoms in total. The summed E-state index contributed by atoms with van der Waals surface area (Å²) in [6.07, 6.45) is 2.05. The molecule has 0 radical (unpaired) electrons. The highest BCUT2D eigenvalue weighted by Gasteiger charge is 2.12. The van der Waals surface area contributed by atoms with Crippen molar-refractivity contribution in [3.05, 3.63) is 29.8 Å². The Balaban J connectivity index is 1.78. The van der Waals surface area contributed by atoms with Gasteiger partial charge in [-0.25, -0.2) is 0 Å². The van der Waals surface area contributed by atoms with E-state index in [0.29, 0.717) is 18.2 Å². The lowest BCUT2D eigenvalue weighted by atomic mass is 10.2. The van der Waals surface area contributed by atoms with Crippen LogP contribution in [0.2, 0.25) is 0 Å².